The number of anilines is 2. The number of rotatable bonds is 9. The number of ether oxygens (including phenoxy) is 2. The second kappa shape index (κ2) is 11.1. The Morgan fingerprint density at radius 2 is 1.77 bits per heavy atom. The Kier molecular flexibility index (Phi) is 7.65. The maximum atomic E-state index is 13.1. The molecule has 0 bridgehead atoms. The largest absolute Gasteiger partial charge is 0.497 e. The number of sulfonamides is 1. The van der Waals surface area contributed by atoms with Crippen LogP contribution >= 0.6 is 27.5 Å². The molecule has 0 fully saturated rings. The van der Waals surface area contributed by atoms with Crippen molar-refractivity contribution in [2.24, 2.45) is 0 Å². The Morgan fingerprint density at radius 1 is 1.00 bits per heavy atom. The van der Waals surface area contributed by atoms with Gasteiger partial charge < -0.3 is 14.8 Å². The first kappa shape index (κ1) is 26.8. The predicted molar refractivity (Wildman–Crippen MR) is 155 cm³/mol. The molecule has 0 spiro atoms. The van der Waals surface area contributed by atoms with Gasteiger partial charge in [0.2, 0.25) is 0 Å². The van der Waals surface area contributed by atoms with Crippen LogP contribution in [0.5, 0.6) is 11.5 Å². The van der Waals surface area contributed by atoms with Gasteiger partial charge in [-0.25, -0.2) is 13.4 Å². The molecule has 0 unspecified atom stereocenters. The summed E-state index contributed by atoms with van der Waals surface area (Å²) in [5.41, 5.74) is 3.49. The zero-order valence-corrected chi connectivity index (χ0v) is 24.0. The van der Waals surface area contributed by atoms with Crippen LogP contribution in [0, 0.1) is 0 Å². The fourth-order valence-corrected chi connectivity index (χ4v) is 5.78. The highest BCUT2D eigenvalue weighted by atomic mass is 79.9. The molecule has 12 heteroatoms. The van der Waals surface area contributed by atoms with Gasteiger partial charge in [0.1, 0.15) is 22.2 Å². The molecule has 0 aliphatic heterocycles. The zero-order valence-electron chi connectivity index (χ0n) is 20.9. The number of nitrogens with one attached hydrogen (secondary N) is 2. The number of methoxy groups -OCH3 is 2. The van der Waals surface area contributed by atoms with Crippen molar-refractivity contribution >= 4 is 54.7 Å². The normalized spacial score (nSPS) is 11.4. The van der Waals surface area contributed by atoms with E-state index in [0.717, 1.165) is 21.4 Å². The summed E-state index contributed by atoms with van der Waals surface area (Å²) in [5, 5.41) is 8.41. The lowest BCUT2D eigenvalue weighted by Gasteiger charge is -2.14. The summed E-state index contributed by atoms with van der Waals surface area (Å²) in [4.78, 5) is 4.71. The molecule has 0 atom stereocenters. The average Bonchev–Trinajstić information content (AvgIpc) is 3.32. The Labute approximate surface area is 238 Å². The van der Waals surface area contributed by atoms with E-state index in [-0.39, 0.29) is 10.6 Å². The molecule has 2 aromatic heterocycles. The molecule has 2 heterocycles. The first-order chi connectivity index (χ1) is 18.8. The molecule has 0 amide bonds. The Morgan fingerprint density at radius 3 is 2.49 bits per heavy atom. The number of benzene rings is 3. The fourth-order valence-electron chi connectivity index (χ4n) is 3.96. The van der Waals surface area contributed by atoms with Gasteiger partial charge >= 0.3 is 0 Å². The van der Waals surface area contributed by atoms with Gasteiger partial charge in [0, 0.05) is 35.0 Å². The van der Waals surface area contributed by atoms with E-state index in [9.17, 15) is 8.42 Å². The van der Waals surface area contributed by atoms with Crippen LogP contribution in [0.1, 0.15) is 5.56 Å². The summed E-state index contributed by atoms with van der Waals surface area (Å²) in [6, 6.07) is 21.1. The quantitative estimate of drug-likeness (QED) is 0.199. The molecule has 0 aliphatic carbocycles. The van der Waals surface area contributed by atoms with Crippen LogP contribution in [0.25, 0.3) is 16.9 Å². The first-order valence-electron chi connectivity index (χ1n) is 11.7. The second-order valence-corrected chi connectivity index (χ2v) is 11.3. The molecule has 3 aromatic carbocycles. The van der Waals surface area contributed by atoms with E-state index in [1.54, 1.807) is 35.0 Å². The van der Waals surface area contributed by atoms with Crippen molar-refractivity contribution in [3.8, 4) is 22.8 Å². The standard InChI is InChI=1S/C27H23BrClN5O4S/c1-37-19-11-12-24(38-2)25(13-19)39(35,36)33-18-9-7-17(8-10-18)15-30-26-14-23(20-5-3-4-6-22(20)29)32-27-21(28)16-31-34(26)27/h3-14,16,30,33H,15H2,1-2H3. The highest BCUT2D eigenvalue weighted by Gasteiger charge is 2.21. The number of halogens is 2. The molecule has 0 aliphatic rings. The van der Waals surface area contributed by atoms with Crippen LogP contribution in [-0.4, -0.2) is 37.2 Å². The van der Waals surface area contributed by atoms with Gasteiger partial charge in [-0.2, -0.15) is 9.61 Å². The van der Waals surface area contributed by atoms with Gasteiger partial charge in [-0.3, -0.25) is 4.72 Å². The number of hydrogen-bond donors (Lipinski definition) is 2. The van der Waals surface area contributed by atoms with E-state index < -0.39 is 10.0 Å². The van der Waals surface area contributed by atoms with Crippen LogP contribution in [0.15, 0.2) is 88.4 Å². The monoisotopic (exact) mass is 627 g/mol. The smallest absolute Gasteiger partial charge is 0.265 e. The third-order valence-corrected chi connectivity index (χ3v) is 8.21. The molecule has 2 N–H and O–H groups in total. The van der Waals surface area contributed by atoms with E-state index in [1.165, 1.54) is 20.3 Å². The Bertz CT molecular complexity index is 1760. The van der Waals surface area contributed by atoms with Gasteiger partial charge in [0.15, 0.2) is 5.65 Å². The van der Waals surface area contributed by atoms with Crippen LogP contribution in [0.3, 0.4) is 0 Å². The molecule has 5 aromatic rings. The number of hydrogen-bond acceptors (Lipinski definition) is 7. The van der Waals surface area contributed by atoms with Crippen molar-refractivity contribution < 1.29 is 17.9 Å². The minimum absolute atomic E-state index is 0.0171. The molecule has 39 heavy (non-hydrogen) atoms. The van der Waals surface area contributed by atoms with Crippen LogP contribution in [0.2, 0.25) is 5.02 Å². The first-order valence-corrected chi connectivity index (χ1v) is 14.3. The summed E-state index contributed by atoms with van der Waals surface area (Å²) < 4.78 is 41.6. The topological polar surface area (TPSA) is 107 Å². The summed E-state index contributed by atoms with van der Waals surface area (Å²) >= 11 is 9.93. The number of nitrogens with zero attached hydrogens (tertiary/aromatic N) is 3. The summed E-state index contributed by atoms with van der Waals surface area (Å²) in [6.07, 6.45) is 1.68. The molecular formula is C27H23BrClN5O4S. The Balaban J connectivity index is 1.36. The van der Waals surface area contributed by atoms with Gasteiger partial charge in [-0.1, -0.05) is 41.9 Å². The van der Waals surface area contributed by atoms with Crippen molar-refractivity contribution in [2.75, 3.05) is 24.3 Å². The molecule has 0 saturated carbocycles. The number of fused-ring (bicyclic) bond motifs is 1. The lowest BCUT2D eigenvalue weighted by Crippen LogP contribution is -2.14. The van der Waals surface area contributed by atoms with Crippen molar-refractivity contribution in [2.45, 2.75) is 11.4 Å². The van der Waals surface area contributed by atoms with Gasteiger partial charge in [-0.05, 0) is 51.8 Å². The highest BCUT2D eigenvalue weighted by Crippen LogP contribution is 2.31. The molecule has 9 nitrogen and oxygen atoms in total. The molecule has 5 rings (SSSR count). The maximum Gasteiger partial charge on any atom is 0.265 e. The van der Waals surface area contributed by atoms with Crippen molar-refractivity contribution in [1.82, 2.24) is 14.6 Å². The fraction of sp³-hybridized carbons (Fsp3) is 0.111. The molecule has 0 radical (unpaired) electrons. The minimum Gasteiger partial charge on any atom is -0.497 e. The molecular weight excluding hydrogens is 606 g/mol. The maximum absolute atomic E-state index is 13.1. The molecule has 0 saturated heterocycles. The van der Waals surface area contributed by atoms with E-state index in [2.05, 4.69) is 31.1 Å². The lowest BCUT2D eigenvalue weighted by atomic mass is 10.1. The van der Waals surface area contributed by atoms with Crippen LogP contribution in [-0.2, 0) is 16.6 Å². The van der Waals surface area contributed by atoms with E-state index in [0.29, 0.717) is 34.3 Å². The number of aromatic nitrogens is 3. The summed E-state index contributed by atoms with van der Waals surface area (Å²) in [5.74, 6) is 1.34. The third kappa shape index (κ3) is 5.65. The molecule has 200 valence electrons. The van der Waals surface area contributed by atoms with Gasteiger partial charge in [0.25, 0.3) is 10.0 Å². The van der Waals surface area contributed by atoms with E-state index in [4.69, 9.17) is 26.1 Å². The van der Waals surface area contributed by atoms with Crippen molar-refractivity contribution in [1.29, 1.82) is 0 Å². The van der Waals surface area contributed by atoms with Crippen LogP contribution < -0.4 is 19.5 Å². The van der Waals surface area contributed by atoms with Gasteiger partial charge in [0.05, 0.1) is 30.6 Å². The minimum atomic E-state index is -3.92. The summed E-state index contributed by atoms with van der Waals surface area (Å²) in [6.45, 7) is 0.454. The highest BCUT2D eigenvalue weighted by molar-refractivity contribution is 9.10. The summed E-state index contributed by atoms with van der Waals surface area (Å²) in [7, 11) is -1.03. The zero-order chi connectivity index (χ0) is 27.6. The van der Waals surface area contributed by atoms with Gasteiger partial charge in [-0.15, -0.1) is 0 Å². The lowest BCUT2D eigenvalue weighted by molar-refractivity contribution is 0.392. The van der Waals surface area contributed by atoms with Crippen molar-refractivity contribution in [3.63, 3.8) is 0 Å². The van der Waals surface area contributed by atoms with Crippen molar-refractivity contribution in [3.05, 3.63) is 94.1 Å². The second-order valence-electron chi connectivity index (χ2n) is 8.41. The van der Waals surface area contributed by atoms with E-state index >= 15 is 0 Å². The predicted octanol–water partition coefficient (Wildman–Crippen LogP) is 6.24. The Hall–Kier alpha value is -3.80. The van der Waals surface area contributed by atoms with E-state index in [1.807, 2.05) is 42.5 Å². The third-order valence-electron chi connectivity index (χ3n) is 5.92. The SMILES string of the molecule is COc1ccc(OC)c(S(=O)(=O)Nc2ccc(CNc3cc(-c4ccccc4Cl)nc4c(Br)cnn34)cc2)c1. The van der Waals surface area contributed by atoms with Crippen LogP contribution in [0.4, 0.5) is 11.5 Å². The average molecular weight is 629 g/mol.